The summed E-state index contributed by atoms with van der Waals surface area (Å²) >= 11 is 5.34. The largest absolute Gasteiger partial charge is 0.361 e. The van der Waals surface area contributed by atoms with Crippen LogP contribution in [0.4, 0.5) is 0 Å². The molecule has 1 aliphatic rings. The minimum atomic E-state index is -1.05. The van der Waals surface area contributed by atoms with Gasteiger partial charge in [0.15, 0.2) is 0 Å². The lowest BCUT2D eigenvalue weighted by Gasteiger charge is -2.18. The maximum absolute atomic E-state index is 6.07. The van der Waals surface area contributed by atoms with E-state index in [1.165, 1.54) is 48.1 Å². The fraction of sp³-hybridized carbons (Fsp3) is 0.611. The Bertz CT molecular complexity index is 671. The standard InChI is InChI=1S/C18H27BrN2OSSi/c1-24(2,3)11-10-22-13-21-15(16-8-9-17(19)23-16)12-20-18(21)14-6-4-5-7-14/h8-9,12,14H,4-7,10-11,13H2,1-3H3. The molecular formula is C18H27BrN2OSSi. The first kappa shape index (κ1) is 18.4. The Morgan fingerprint density at radius 3 is 2.67 bits per heavy atom. The quantitative estimate of drug-likeness (QED) is 0.381. The lowest BCUT2D eigenvalue weighted by atomic mass is 10.1. The highest BCUT2D eigenvalue weighted by Crippen LogP contribution is 2.37. The van der Waals surface area contributed by atoms with E-state index in [0.29, 0.717) is 12.6 Å². The van der Waals surface area contributed by atoms with Gasteiger partial charge >= 0.3 is 0 Å². The average molecular weight is 427 g/mol. The summed E-state index contributed by atoms with van der Waals surface area (Å²) in [7, 11) is -1.05. The van der Waals surface area contributed by atoms with E-state index in [0.717, 1.165) is 10.4 Å². The van der Waals surface area contributed by atoms with Gasteiger partial charge in [0, 0.05) is 20.6 Å². The number of rotatable bonds is 7. The fourth-order valence-electron chi connectivity index (χ4n) is 3.22. The van der Waals surface area contributed by atoms with E-state index in [4.69, 9.17) is 9.72 Å². The van der Waals surface area contributed by atoms with Crippen molar-refractivity contribution in [3.63, 3.8) is 0 Å². The van der Waals surface area contributed by atoms with Crippen LogP contribution in [-0.2, 0) is 11.5 Å². The maximum Gasteiger partial charge on any atom is 0.124 e. The van der Waals surface area contributed by atoms with Gasteiger partial charge in [-0.15, -0.1) is 11.3 Å². The molecule has 0 N–H and O–H groups in total. The molecule has 3 nitrogen and oxygen atoms in total. The minimum Gasteiger partial charge on any atom is -0.361 e. The Morgan fingerprint density at radius 2 is 2.04 bits per heavy atom. The highest BCUT2D eigenvalue weighted by molar-refractivity contribution is 9.11. The Morgan fingerprint density at radius 1 is 1.29 bits per heavy atom. The number of nitrogens with zero attached hydrogens (tertiary/aromatic N) is 2. The fourth-order valence-corrected chi connectivity index (χ4v) is 5.38. The van der Waals surface area contributed by atoms with E-state index in [-0.39, 0.29) is 0 Å². The van der Waals surface area contributed by atoms with E-state index < -0.39 is 8.07 Å². The number of thiophene rings is 1. The van der Waals surface area contributed by atoms with Crippen molar-refractivity contribution in [2.45, 2.75) is 64.0 Å². The van der Waals surface area contributed by atoms with Crippen molar-refractivity contribution in [2.24, 2.45) is 0 Å². The molecule has 2 heterocycles. The van der Waals surface area contributed by atoms with Crippen molar-refractivity contribution in [2.75, 3.05) is 6.61 Å². The number of imidazole rings is 1. The van der Waals surface area contributed by atoms with Crippen LogP contribution in [0.5, 0.6) is 0 Å². The molecule has 0 aromatic carbocycles. The number of aromatic nitrogens is 2. The predicted molar refractivity (Wildman–Crippen MR) is 109 cm³/mol. The zero-order valence-electron chi connectivity index (χ0n) is 14.8. The summed E-state index contributed by atoms with van der Waals surface area (Å²) < 4.78 is 9.55. The second kappa shape index (κ2) is 7.85. The Kier molecular flexibility index (Phi) is 6.01. The van der Waals surface area contributed by atoms with Crippen LogP contribution < -0.4 is 0 Å². The summed E-state index contributed by atoms with van der Waals surface area (Å²) in [6, 6.07) is 5.49. The number of halogens is 1. The summed E-state index contributed by atoms with van der Waals surface area (Å²) in [5.74, 6) is 1.82. The first-order valence-electron chi connectivity index (χ1n) is 8.83. The molecule has 0 saturated heterocycles. The molecule has 24 heavy (non-hydrogen) atoms. The first-order chi connectivity index (χ1) is 11.4. The minimum absolute atomic E-state index is 0.600. The monoisotopic (exact) mass is 426 g/mol. The highest BCUT2D eigenvalue weighted by Gasteiger charge is 2.24. The molecule has 0 spiro atoms. The van der Waals surface area contributed by atoms with Crippen LogP contribution in [0, 0.1) is 0 Å². The maximum atomic E-state index is 6.07. The molecule has 0 aliphatic heterocycles. The SMILES string of the molecule is C[Si](C)(C)CCOCn1c(-c2ccc(Br)s2)cnc1C1CCCC1. The molecule has 0 amide bonds. The van der Waals surface area contributed by atoms with Crippen LogP contribution >= 0.6 is 27.3 Å². The smallest absolute Gasteiger partial charge is 0.124 e. The molecule has 1 aliphatic carbocycles. The van der Waals surface area contributed by atoms with Crippen molar-refractivity contribution < 1.29 is 4.74 Å². The van der Waals surface area contributed by atoms with Gasteiger partial charge in [-0.2, -0.15) is 0 Å². The van der Waals surface area contributed by atoms with Crippen LogP contribution in [0.1, 0.15) is 37.4 Å². The van der Waals surface area contributed by atoms with Crippen molar-refractivity contribution in [3.05, 3.63) is 27.9 Å². The molecular weight excluding hydrogens is 400 g/mol. The number of ether oxygens (including phenoxy) is 1. The van der Waals surface area contributed by atoms with Crippen LogP contribution in [0.15, 0.2) is 22.1 Å². The molecule has 1 fully saturated rings. The zero-order valence-corrected chi connectivity index (χ0v) is 18.3. The molecule has 0 atom stereocenters. The van der Waals surface area contributed by atoms with Gasteiger partial charge in [-0.25, -0.2) is 4.98 Å². The summed E-state index contributed by atoms with van der Waals surface area (Å²) in [4.78, 5) is 6.05. The average Bonchev–Trinajstić information content (AvgIpc) is 3.22. The molecule has 2 aromatic heterocycles. The molecule has 0 bridgehead atoms. The van der Waals surface area contributed by atoms with E-state index in [2.05, 4.69) is 52.3 Å². The summed E-state index contributed by atoms with van der Waals surface area (Å²) in [6.45, 7) is 8.66. The molecule has 6 heteroatoms. The molecule has 0 unspecified atom stereocenters. The molecule has 1 saturated carbocycles. The van der Waals surface area contributed by atoms with Crippen molar-refractivity contribution in [3.8, 4) is 10.6 Å². The van der Waals surface area contributed by atoms with Crippen LogP contribution in [0.2, 0.25) is 25.7 Å². The second-order valence-corrected chi connectivity index (χ2v) is 15.9. The lowest BCUT2D eigenvalue weighted by Crippen LogP contribution is -2.22. The number of hydrogen-bond acceptors (Lipinski definition) is 3. The van der Waals surface area contributed by atoms with Crippen LogP contribution in [-0.4, -0.2) is 24.2 Å². The Labute approximate surface area is 158 Å². The highest BCUT2D eigenvalue weighted by atomic mass is 79.9. The van der Waals surface area contributed by atoms with Gasteiger partial charge in [0.1, 0.15) is 12.6 Å². The summed E-state index contributed by atoms with van der Waals surface area (Å²) in [5.41, 5.74) is 1.20. The van der Waals surface area contributed by atoms with Gasteiger partial charge in [0.05, 0.1) is 20.6 Å². The summed E-state index contributed by atoms with van der Waals surface area (Å²) in [6.07, 6.45) is 7.22. The predicted octanol–water partition coefficient (Wildman–Crippen LogP) is 6.34. The third kappa shape index (κ3) is 4.59. The van der Waals surface area contributed by atoms with Crippen LogP contribution in [0.3, 0.4) is 0 Å². The van der Waals surface area contributed by atoms with E-state index in [1.807, 2.05) is 6.20 Å². The number of hydrogen-bond donors (Lipinski definition) is 0. The van der Waals surface area contributed by atoms with Crippen molar-refractivity contribution in [1.82, 2.24) is 9.55 Å². The van der Waals surface area contributed by atoms with Gasteiger partial charge in [-0.05, 0) is 46.9 Å². The van der Waals surface area contributed by atoms with E-state index >= 15 is 0 Å². The molecule has 3 rings (SSSR count). The normalized spacial score (nSPS) is 16.2. The second-order valence-electron chi connectivity index (χ2n) is 7.86. The summed E-state index contributed by atoms with van der Waals surface area (Å²) in [5, 5.41) is 0. The third-order valence-corrected chi connectivity index (χ3v) is 8.00. The third-order valence-electron chi connectivity index (χ3n) is 4.65. The Hall–Kier alpha value is -0.433. The van der Waals surface area contributed by atoms with Crippen molar-refractivity contribution in [1.29, 1.82) is 0 Å². The van der Waals surface area contributed by atoms with Crippen molar-refractivity contribution >= 4 is 35.3 Å². The topological polar surface area (TPSA) is 27.1 Å². The Balaban J connectivity index is 1.78. The van der Waals surface area contributed by atoms with E-state index in [1.54, 1.807) is 11.3 Å². The van der Waals surface area contributed by atoms with Gasteiger partial charge in [-0.3, -0.25) is 0 Å². The van der Waals surface area contributed by atoms with Gasteiger partial charge < -0.3 is 9.30 Å². The molecule has 2 aromatic rings. The van der Waals surface area contributed by atoms with Gasteiger partial charge in [0.25, 0.3) is 0 Å². The van der Waals surface area contributed by atoms with Gasteiger partial charge in [0.2, 0.25) is 0 Å². The van der Waals surface area contributed by atoms with Crippen LogP contribution in [0.25, 0.3) is 10.6 Å². The van der Waals surface area contributed by atoms with E-state index in [9.17, 15) is 0 Å². The van der Waals surface area contributed by atoms with Gasteiger partial charge in [-0.1, -0.05) is 32.5 Å². The zero-order chi connectivity index (χ0) is 17.2. The molecule has 132 valence electrons. The molecule has 0 radical (unpaired) electrons. The first-order valence-corrected chi connectivity index (χ1v) is 14.1. The lowest BCUT2D eigenvalue weighted by molar-refractivity contribution is 0.0854.